The first-order valence-corrected chi connectivity index (χ1v) is 3.73. The highest BCUT2D eigenvalue weighted by Crippen LogP contribution is 1.90. The van der Waals surface area contributed by atoms with Crippen molar-refractivity contribution in [1.82, 2.24) is 0 Å². The molecule has 0 amide bonds. The average Bonchev–Trinajstić information content (AvgIpc) is 2.08. The van der Waals surface area contributed by atoms with Gasteiger partial charge in [-0.25, -0.2) is 0 Å². The fourth-order valence-electron chi connectivity index (χ4n) is 0.729. The summed E-state index contributed by atoms with van der Waals surface area (Å²) in [6.45, 7) is 0. The molecule has 1 aliphatic carbocycles. The maximum atomic E-state index is 3.05. The Morgan fingerprint density at radius 3 is 2.45 bits per heavy atom. The van der Waals surface area contributed by atoms with E-state index in [1.54, 1.807) is 0 Å². The van der Waals surface area contributed by atoms with Crippen LogP contribution in [-0.2, 0) is 0 Å². The van der Waals surface area contributed by atoms with Gasteiger partial charge in [-0.05, 0) is 12.5 Å². The molecule has 0 saturated heterocycles. The molecule has 0 nitrogen and oxygen atoms in total. The van der Waals surface area contributed by atoms with E-state index in [1.165, 1.54) is 0 Å². The minimum Gasteiger partial charge on any atom is -0.0807 e. The number of hydrogen-bond acceptors (Lipinski definition) is 0. The SMILES string of the molecule is [C]1=C/C\C=C/C=C\C=C/C=C\1. The van der Waals surface area contributed by atoms with E-state index >= 15 is 0 Å². The third-order valence-corrected chi connectivity index (χ3v) is 1.26. The third kappa shape index (κ3) is 4.15. The van der Waals surface area contributed by atoms with Gasteiger partial charge in [0.1, 0.15) is 0 Å². The molecule has 0 aromatic heterocycles. The summed E-state index contributed by atoms with van der Waals surface area (Å²) in [5, 5.41) is 0. The molecule has 1 radical (unpaired) electrons. The van der Waals surface area contributed by atoms with Crippen LogP contribution < -0.4 is 0 Å². The minimum atomic E-state index is 0.953. The molecule has 0 spiro atoms. The lowest BCUT2D eigenvalue weighted by Gasteiger charge is -1.75. The highest BCUT2D eigenvalue weighted by molar-refractivity contribution is 5.18. The van der Waals surface area contributed by atoms with Crippen LogP contribution in [0.5, 0.6) is 0 Å². The molecule has 0 atom stereocenters. The summed E-state index contributed by atoms with van der Waals surface area (Å²) in [5.41, 5.74) is 0. The zero-order valence-corrected chi connectivity index (χ0v) is 6.40. The van der Waals surface area contributed by atoms with Crippen molar-refractivity contribution in [2.24, 2.45) is 0 Å². The van der Waals surface area contributed by atoms with E-state index < -0.39 is 0 Å². The second-order valence-electron chi connectivity index (χ2n) is 2.16. The lowest BCUT2D eigenvalue weighted by molar-refractivity contribution is 1.38. The molecule has 0 N–H and O–H groups in total. The van der Waals surface area contributed by atoms with Gasteiger partial charge in [0.2, 0.25) is 0 Å². The van der Waals surface area contributed by atoms with Crippen LogP contribution in [0.15, 0.2) is 54.7 Å². The van der Waals surface area contributed by atoms with E-state index in [1.807, 2.05) is 48.6 Å². The summed E-state index contributed by atoms with van der Waals surface area (Å²) < 4.78 is 0. The standard InChI is InChI=1S/C11H11/c1-2-4-6-8-10-11-9-7-5-3-1/h1-8,11H,9H2/b3-1-,4-2-,7-5-,8-6-,11-10?. The molecule has 0 heteroatoms. The van der Waals surface area contributed by atoms with E-state index in [9.17, 15) is 0 Å². The zero-order chi connectivity index (χ0) is 7.78. The molecule has 0 heterocycles. The number of allylic oxidation sites excluding steroid dienone is 10. The van der Waals surface area contributed by atoms with Crippen LogP contribution in [0.25, 0.3) is 0 Å². The minimum absolute atomic E-state index is 0.953. The van der Waals surface area contributed by atoms with E-state index in [2.05, 4.69) is 12.2 Å². The Hall–Kier alpha value is -1.30. The van der Waals surface area contributed by atoms with Crippen LogP contribution >= 0.6 is 0 Å². The summed E-state index contributed by atoms with van der Waals surface area (Å²) in [6.07, 6.45) is 22.0. The number of rotatable bonds is 0. The van der Waals surface area contributed by atoms with E-state index in [4.69, 9.17) is 0 Å². The van der Waals surface area contributed by atoms with Crippen molar-refractivity contribution < 1.29 is 0 Å². The Labute approximate surface area is 67.9 Å². The molecular formula is C11H11. The molecule has 11 heavy (non-hydrogen) atoms. The van der Waals surface area contributed by atoms with Crippen molar-refractivity contribution in [1.29, 1.82) is 0 Å². The van der Waals surface area contributed by atoms with Gasteiger partial charge in [0.15, 0.2) is 0 Å². The molecule has 0 fully saturated rings. The Morgan fingerprint density at radius 1 is 0.818 bits per heavy atom. The Morgan fingerprint density at radius 2 is 1.55 bits per heavy atom. The Balaban J connectivity index is 2.61. The molecule has 1 rings (SSSR count). The fraction of sp³-hybridized carbons (Fsp3) is 0.0909. The Kier molecular flexibility index (Phi) is 3.89. The fourth-order valence-corrected chi connectivity index (χ4v) is 0.729. The molecule has 0 aliphatic heterocycles. The van der Waals surface area contributed by atoms with Gasteiger partial charge in [-0.1, -0.05) is 54.7 Å². The van der Waals surface area contributed by atoms with Crippen LogP contribution in [-0.4, -0.2) is 0 Å². The molecule has 0 aromatic rings. The molecular weight excluding hydrogens is 132 g/mol. The second-order valence-corrected chi connectivity index (χ2v) is 2.16. The highest BCUT2D eigenvalue weighted by Gasteiger charge is 1.70. The topological polar surface area (TPSA) is 0 Å². The van der Waals surface area contributed by atoms with Crippen LogP contribution in [0.1, 0.15) is 6.42 Å². The van der Waals surface area contributed by atoms with Crippen LogP contribution in [0.4, 0.5) is 0 Å². The number of hydrogen-bond donors (Lipinski definition) is 0. The summed E-state index contributed by atoms with van der Waals surface area (Å²) >= 11 is 0. The van der Waals surface area contributed by atoms with Crippen LogP contribution in [0, 0.1) is 6.08 Å². The van der Waals surface area contributed by atoms with E-state index in [-0.39, 0.29) is 0 Å². The maximum Gasteiger partial charge on any atom is -0.0157 e. The van der Waals surface area contributed by atoms with Crippen molar-refractivity contribution in [3.8, 4) is 0 Å². The summed E-state index contributed by atoms with van der Waals surface area (Å²) in [5.74, 6) is 0. The normalized spacial score (nSPS) is 31.3. The summed E-state index contributed by atoms with van der Waals surface area (Å²) in [7, 11) is 0. The molecule has 55 valence electrons. The average molecular weight is 143 g/mol. The van der Waals surface area contributed by atoms with Crippen molar-refractivity contribution >= 4 is 0 Å². The van der Waals surface area contributed by atoms with Crippen molar-refractivity contribution in [3.63, 3.8) is 0 Å². The van der Waals surface area contributed by atoms with Crippen molar-refractivity contribution in [2.75, 3.05) is 0 Å². The van der Waals surface area contributed by atoms with Crippen molar-refractivity contribution in [2.45, 2.75) is 6.42 Å². The molecule has 0 aromatic carbocycles. The van der Waals surface area contributed by atoms with Gasteiger partial charge in [-0.2, -0.15) is 0 Å². The summed E-state index contributed by atoms with van der Waals surface area (Å²) in [6, 6.07) is 0. The predicted octanol–water partition coefficient (Wildman–Crippen LogP) is 2.97. The molecule has 0 saturated carbocycles. The van der Waals surface area contributed by atoms with Crippen LogP contribution in [0.3, 0.4) is 0 Å². The largest absolute Gasteiger partial charge is 0.0807 e. The van der Waals surface area contributed by atoms with E-state index in [0.717, 1.165) is 6.42 Å². The van der Waals surface area contributed by atoms with Gasteiger partial charge < -0.3 is 0 Å². The quantitative estimate of drug-likeness (QED) is 0.489. The van der Waals surface area contributed by atoms with Gasteiger partial charge >= 0.3 is 0 Å². The monoisotopic (exact) mass is 143 g/mol. The third-order valence-electron chi connectivity index (χ3n) is 1.26. The molecule has 0 unspecified atom stereocenters. The van der Waals surface area contributed by atoms with Gasteiger partial charge in [-0.3, -0.25) is 0 Å². The Bertz CT molecular complexity index is 200. The van der Waals surface area contributed by atoms with Gasteiger partial charge in [0, 0.05) is 0 Å². The molecule has 0 bridgehead atoms. The zero-order valence-electron chi connectivity index (χ0n) is 6.40. The summed E-state index contributed by atoms with van der Waals surface area (Å²) in [4.78, 5) is 0. The first kappa shape index (κ1) is 7.80. The lowest BCUT2D eigenvalue weighted by Crippen LogP contribution is -1.56. The first-order chi connectivity index (χ1) is 5.50. The highest BCUT2D eigenvalue weighted by atomic mass is 13.8. The second kappa shape index (κ2) is 5.48. The predicted molar refractivity (Wildman–Crippen MR) is 49.0 cm³/mol. The lowest BCUT2D eigenvalue weighted by atomic mass is 10.3. The maximum absolute atomic E-state index is 3.05. The first-order valence-electron chi connectivity index (χ1n) is 3.73. The van der Waals surface area contributed by atoms with Crippen LogP contribution in [0.2, 0.25) is 0 Å². The van der Waals surface area contributed by atoms with Crippen molar-refractivity contribution in [3.05, 3.63) is 60.8 Å². The van der Waals surface area contributed by atoms with E-state index in [0.29, 0.717) is 0 Å². The van der Waals surface area contributed by atoms with Gasteiger partial charge in [0.05, 0.1) is 0 Å². The molecule has 1 aliphatic rings. The van der Waals surface area contributed by atoms with Gasteiger partial charge in [0.25, 0.3) is 0 Å². The van der Waals surface area contributed by atoms with Gasteiger partial charge in [-0.15, -0.1) is 0 Å². The smallest absolute Gasteiger partial charge is 0.0157 e.